The molecule has 3 saturated heterocycles. The molecule has 6 aliphatic rings. The van der Waals surface area contributed by atoms with E-state index in [-0.39, 0.29) is 23.6 Å². The minimum absolute atomic E-state index is 0.0560. The lowest BCUT2D eigenvalue weighted by molar-refractivity contribution is -0.235. The predicted octanol–water partition coefficient (Wildman–Crippen LogP) is 4.53. The van der Waals surface area contributed by atoms with Crippen LogP contribution in [0.4, 0.5) is 5.82 Å². The number of fused-ring (bicyclic) bond motifs is 5. The molecule has 1 saturated carbocycles. The monoisotopic (exact) mass is 633 g/mol. The molecule has 0 amide bonds. The molecule has 12 heteroatoms. The lowest BCUT2D eigenvalue weighted by Crippen LogP contribution is -2.56. The minimum Gasteiger partial charge on any atom is -0.471 e. The molecule has 0 bridgehead atoms. The Labute approximate surface area is 269 Å². The van der Waals surface area contributed by atoms with Crippen molar-refractivity contribution in [3.63, 3.8) is 0 Å². The van der Waals surface area contributed by atoms with Gasteiger partial charge < -0.3 is 33.6 Å². The first-order valence-electron chi connectivity index (χ1n) is 17.6. The van der Waals surface area contributed by atoms with Crippen molar-refractivity contribution in [2.75, 3.05) is 38.3 Å². The average Bonchev–Trinajstić information content (AvgIpc) is 3.84. The van der Waals surface area contributed by atoms with Gasteiger partial charge in [-0.05, 0) is 92.2 Å². The number of hydrogen-bond donors (Lipinski definition) is 1. The molecule has 2 aliphatic carbocycles. The highest BCUT2D eigenvalue weighted by Crippen LogP contribution is 2.57. The van der Waals surface area contributed by atoms with Crippen LogP contribution in [0.2, 0.25) is 0 Å². The normalized spacial score (nSPS) is 34.5. The number of nitrogens with zero attached hydrogens (tertiary/aromatic N) is 7. The van der Waals surface area contributed by atoms with E-state index in [1.54, 1.807) is 0 Å². The van der Waals surface area contributed by atoms with Gasteiger partial charge in [-0.25, -0.2) is 14.6 Å². The van der Waals surface area contributed by atoms with E-state index in [9.17, 15) is 5.11 Å². The standard InChI is InChI=1S/C34H47N7O5/c1-20(23-10-8-16-39(23)4)41-30-25-29(40-19-32(3,42)15-11-24(40)21(2)45-31(25)37-41)35-28(36-30)26-22-9-7-13-33(27(22)46-38-26)12-5-6-14-34(33)43-17-18-44-34/h20-21,23-24,42H,5-19H2,1-4H3/t20-,21-,23-,24+,32+,33-/m0/s1. The van der Waals surface area contributed by atoms with Crippen molar-refractivity contribution in [1.82, 2.24) is 29.8 Å². The molecule has 4 aliphatic heterocycles. The van der Waals surface area contributed by atoms with E-state index in [0.29, 0.717) is 49.6 Å². The molecule has 12 nitrogen and oxygen atoms in total. The fourth-order valence-electron chi connectivity index (χ4n) is 10.00. The van der Waals surface area contributed by atoms with Gasteiger partial charge in [-0.1, -0.05) is 11.6 Å². The lowest BCUT2D eigenvalue weighted by atomic mass is 9.61. The number of aromatic nitrogens is 5. The maximum absolute atomic E-state index is 11.3. The van der Waals surface area contributed by atoms with Gasteiger partial charge in [0.2, 0.25) is 5.88 Å². The summed E-state index contributed by atoms with van der Waals surface area (Å²) >= 11 is 0. The van der Waals surface area contributed by atoms with Crippen molar-refractivity contribution < 1.29 is 23.8 Å². The zero-order chi connectivity index (χ0) is 31.4. The predicted molar refractivity (Wildman–Crippen MR) is 170 cm³/mol. The topological polar surface area (TPSA) is 124 Å². The van der Waals surface area contributed by atoms with E-state index < -0.39 is 11.4 Å². The first-order valence-corrected chi connectivity index (χ1v) is 17.6. The molecule has 46 heavy (non-hydrogen) atoms. The van der Waals surface area contributed by atoms with Crippen LogP contribution in [0.1, 0.15) is 102 Å². The summed E-state index contributed by atoms with van der Waals surface area (Å²) in [6.07, 6.45) is 10.5. The van der Waals surface area contributed by atoms with E-state index >= 15 is 0 Å². The molecule has 6 atom stereocenters. The molecule has 2 spiro atoms. The van der Waals surface area contributed by atoms with Gasteiger partial charge >= 0.3 is 0 Å². The maximum atomic E-state index is 11.3. The number of piperidine rings is 1. The van der Waals surface area contributed by atoms with Crippen LogP contribution < -0.4 is 9.64 Å². The third-order valence-corrected chi connectivity index (χ3v) is 12.3. The number of likely N-dealkylation sites (tertiary alicyclic amines) is 1. The Hall–Kier alpha value is -2.80. The van der Waals surface area contributed by atoms with Gasteiger partial charge in [-0.2, -0.15) is 0 Å². The number of aliphatic hydroxyl groups is 1. The zero-order valence-electron chi connectivity index (χ0n) is 27.6. The summed E-state index contributed by atoms with van der Waals surface area (Å²) in [7, 11) is 2.20. The Balaban J connectivity index is 1.24. The SMILES string of the molecule is C[C@@H]1Oc2nn([C@@H](C)[C@@H]3CCCN3C)c3nc(-c4noc5c4CCC[C@@]54CCCCC45OCCO5)nc(c23)N2C[C@](C)(O)CC[C@H]12. The number of ether oxygens (including phenoxy) is 3. The van der Waals surface area contributed by atoms with Crippen LogP contribution in [-0.4, -0.2) is 97.8 Å². The molecule has 0 radical (unpaired) electrons. The van der Waals surface area contributed by atoms with Crippen molar-refractivity contribution in [3.05, 3.63) is 11.3 Å². The third-order valence-electron chi connectivity index (χ3n) is 12.3. The molecule has 248 valence electrons. The van der Waals surface area contributed by atoms with Crippen LogP contribution in [0, 0.1) is 0 Å². The summed E-state index contributed by atoms with van der Waals surface area (Å²) in [5.74, 6) is 2.13. The second kappa shape index (κ2) is 10.3. The fourth-order valence-corrected chi connectivity index (χ4v) is 10.00. The summed E-state index contributed by atoms with van der Waals surface area (Å²) in [5.41, 5.74) is 1.33. The van der Waals surface area contributed by atoms with Crippen molar-refractivity contribution in [2.45, 2.75) is 132 Å². The van der Waals surface area contributed by atoms with Gasteiger partial charge in [0.25, 0.3) is 0 Å². The quantitative estimate of drug-likeness (QED) is 0.438. The zero-order valence-corrected chi connectivity index (χ0v) is 27.6. The number of hydrogen-bond acceptors (Lipinski definition) is 11. The Bertz CT molecular complexity index is 1660. The van der Waals surface area contributed by atoms with Crippen molar-refractivity contribution in [3.8, 4) is 17.4 Å². The van der Waals surface area contributed by atoms with Crippen LogP contribution >= 0.6 is 0 Å². The van der Waals surface area contributed by atoms with Crippen molar-refractivity contribution in [2.24, 2.45) is 0 Å². The van der Waals surface area contributed by atoms with Crippen LogP contribution in [0.5, 0.6) is 5.88 Å². The molecule has 1 N–H and O–H groups in total. The molecule has 0 aromatic carbocycles. The third kappa shape index (κ3) is 4.12. The number of anilines is 1. The highest BCUT2D eigenvalue weighted by Gasteiger charge is 2.61. The molecule has 0 unspecified atom stereocenters. The molecule has 3 aromatic rings. The van der Waals surface area contributed by atoms with Crippen molar-refractivity contribution >= 4 is 16.9 Å². The van der Waals surface area contributed by atoms with Gasteiger partial charge in [0, 0.05) is 24.6 Å². The summed E-state index contributed by atoms with van der Waals surface area (Å²) in [5, 5.41) is 22.0. The largest absolute Gasteiger partial charge is 0.471 e. The highest BCUT2D eigenvalue weighted by atomic mass is 16.7. The average molecular weight is 634 g/mol. The summed E-state index contributed by atoms with van der Waals surface area (Å²) in [4.78, 5) is 15.3. The van der Waals surface area contributed by atoms with Gasteiger partial charge in [0.1, 0.15) is 17.3 Å². The Morgan fingerprint density at radius 2 is 1.80 bits per heavy atom. The van der Waals surface area contributed by atoms with Crippen LogP contribution in [-0.2, 0) is 21.3 Å². The van der Waals surface area contributed by atoms with E-state index in [2.05, 4.69) is 35.4 Å². The Morgan fingerprint density at radius 1 is 1.00 bits per heavy atom. The minimum atomic E-state index is -0.843. The van der Waals surface area contributed by atoms with Crippen LogP contribution in [0.3, 0.4) is 0 Å². The van der Waals surface area contributed by atoms with E-state index in [1.165, 1.54) is 6.42 Å². The molecule has 3 aromatic heterocycles. The van der Waals surface area contributed by atoms with E-state index in [1.807, 2.05) is 6.92 Å². The maximum Gasteiger partial charge on any atom is 0.246 e. The van der Waals surface area contributed by atoms with Crippen LogP contribution in [0.25, 0.3) is 22.6 Å². The van der Waals surface area contributed by atoms with Gasteiger partial charge in [-0.15, -0.1) is 5.10 Å². The first kappa shape index (κ1) is 29.3. The van der Waals surface area contributed by atoms with Crippen molar-refractivity contribution in [1.29, 1.82) is 0 Å². The molecule has 4 fully saturated rings. The molecular formula is C34H47N7O5. The summed E-state index contributed by atoms with van der Waals surface area (Å²) in [6.45, 7) is 9.03. The summed E-state index contributed by atoms with van der Waals surface area (Å²) < 4.78 is 28.0. The second-order valence-corrected chi connectivity index (χ2v) is 15.2. The molecule has 7 heterocycles. The van der Waals surface area contributed by atoms with E-state index in [0.717, 1.165) is 92.5 Å². The second-order valence-electron chi connectivity index (χ2n) is 15.2. The first-order chi connectivity index (χ1) is 22.2. The van der Waals surface area contributed by atoms with Gasteiger partial charge in [0.15, 0.2) is 28.7 Å². The highest BCUT2D eigenvalue weighted by molar-refractivity contribution is 5.94. The smallest absolute Gasteiger partial charge is 0.246 e. The number of likely N-dealkylation sites (N-methyl/N-ethyl adjacent to an activating group) is 1. The molecule has 9 rings (SSSR count). The van der Waals surface area contributed by atoms with Gasteiger partial charge in [0.05, 0.1) is 36.3 Å². The Kier molecular flexibility index (Phi) is 6.60. The fraction of sp³-hybridized carbons (Fsp3) is 0.765. The summed E-state index contributed by atoms with van der Waals surface area (Å²) in [6, 6.07) is 0.474. The van der Waals surface area contributed by atoms with E-state index in [4.69, 9.17) is 39.0 Å². The Morgan fingerprint density at radius 3 is 2.61 bits per heavy atom. The molecular weight excluding hydrogens is 586 g/mol. The van der Waals surface area contributed by atoms with Gasteiger partial charge in [-0.3, -0.25) is 0 Å². The van der Waals surface area contributed by atoms with Crippen LogP contribution in [0.15, 0.2) is 4.52 Å². The number of rotatable bonds is 3. The lowest BCUT2D eigenvalue weighted by Gasteiger charge is -2.50.